The molecule has 28 heavy (non-hydrogen) atoms. The molecule has 1 aliphatic heterocycles. The number of Topliss-reactive ketones (excluding diaryl/α,β-unsaturated/α-hetero) is 1. The second-order valence-corrected chi connectivity index (χ2v) is 7.30. The van der Waals surface area contributed by atoms with Crippen LogP contribution >= 0.6 is 0 Å². The molecule has 1 atom stereocenters. The number of carbonyl (C=O) groups is 1. The van der Waals surface area contributed by atoms with Crippen LogP contribution in [0.2, 0.25) is 0 Å². The SMILES string of the molecule is CC(=O)CC1CCCN1c1ccc(OCc2ccc(-n3cccn3)cc2)cc1. The molecule has 0 N–H and O–H groups in total. The van der Waals surface area contributed by atoms with Crippen LogP contribution in [0.5, 0.6) is 5.75 Å². The van der Waals surface area contributed by atoms with Gasteiger partial charge in [-0.25, -0.2) is 4.68 Å². The number of aromatic nitrogens is 2. The first-order valence-corrected chi connectivity index (χ1v) is 9.77. The summed E-state index contributed by atoms with van der Waals surface area (Å²) >= 11 is 0. The number of hydrogen-bond donors (Lipinski definition) is 0. The number of nitrogens with zero attached hydrogens (tertiary/aromatic N) is 3. The van der Waals surface area contributed by atoms with Crippen molar-refractivity contribution in [3.05, 3.63) is 72.6 Å². The molecule has 0 radical (unpaired) electrons. The highest BCUT2D eigenvalue weighted by Gasteiger charge is 2.25. The third kappa shape index (κ3) is 4.25. The molecule has 0 bridgehead atoms. The van der Waals surface area contributed by atoms with E-state index in [9.17, 15) is 4.79 Å². The van der Waals surface area contributed by atoms with Gasteiger partial charge in [0, 0.05) is 37.1 Å². The van der Waals surface area contributed by atoms with Crippen LogP contribution in [-0.4, -0.2) is 28.2 Å². The summed E-state index contributed by atoms with van der Waals surface area (Å²) in [6.45, 7) is 3.21. The number of rotatable bonds is 7. The summed E-state index contributed by atoms with van der Waals surface area (Å²) in [4.78, 5) is 13.8. The van der Waals surface area contributed by atoms with Crippen LogP contribution in [0.3, 0.4) is 0 Å². The van der Waals surface area contributed by atoms with Gasteiger partial charge < -0.3 is 9.64 Å². The zero-order valence-electron chi connectivity index (χ0n) is 16.1. The van der Waals surface area contributed by atoms with Gasteiger partial charge in [-0.1, -0.05) is 12.1 Å². The highest BCUT2D eigenvalue weighted by Crippen LogP contribution is 2.29. The van der Waals surface area contributed by atoms with Crippen LogP contribution < -0.4 is 9.64 Å². The first-order valence-electron chi connectivity index (χ1n) is 9.77. The third-order valence-electron chi connectivity index (χ3n) is 5.18. The van der Waals surface area contributed by atoms with Crippen LogP contribution in [0.4, 0.5) is 5.69 Å². The first kappa shape index (κ1) is 18.3. The molecule has 0 saturated carbocycles. The highest BCUT2D eigenvalue weighted by molar-refractivity contribution is 5.77. The molecule has 1 fully saturated rings. The Balaban J connectivity index is 1.35. The topological polar surface area (TPSA) is 47.4 Å². The van der Waals surface area contributed by atoms with Gasteiger partial charge in [0.2, 0.25) is 0 Å². The van der Waals surface area contributed by atoms with Gasteiger partial charge >= 0.3 is 0 Å². The van der Waals surface area contributed by atoms with Gasteiger partial charge in [0.25, 0.3) is 0 Å². The van der Waals surface area contributed by atoms with Crippen LogP contribution in [0.1, 0.15) is 31.7 Å². The Kier molecular flexibility index (Phi) is 5.42. The summed E-state index contributed by atoms with van der Waals surface area (Å²) < 4.78 is 7.77. The van der Waals surface area contributed by atoms with E-state index in [2.05, 4.69) is 34.3 Å². The fraction of sp³-hybridized carbons (Fsp3) is 0.304. The van der Waals surface area contributed by atoms with Crippen LogP contribution in [0, 0.1) is 0 Å². The minimum atomic E-state index is 0.260. The number of anilines is 1. The normalized spacial score (nSPS) is 16.3. The molecule has 5 nitrogen and oxygen atoms in total. The van der Waals surface area contributed by atoms with Crippen LogP contribution in [0.15, 0.2) is 67.0 Å². The van der Waals surface area contributed by atoms with E-state index in [0.717, 1.165) is 36.4 Å². The van der Waals surface area contributed by atoms with E-state index < -0.39 is 0 Å². The molecular formula is C23H25N3O2. The van der Waals surface area contributed by atoms with Crippen molar-refractivity contribution in [3.8, 4) is 11.4 Å². The molecule has 0 spiro atoms. The van der Waals surface area contributed by atoms with Crippen LogP contribution in [0.25, 0.3) is 5.69 Å². The van der Waals surface area contributed by atoms with E-state index in [1.165, 1.54) is 5.69 Å². The number of carbonyl (C=O) groups excluding carboxylic acids is 1. The molecule has 3 aromatic rings. The zero-order valence-corrected chi connectivity index (χ0v) is 16.1. The second-order valence-electron chi connectivity index (χ2n) is 7.30. The summed E-state index contributed by atoms with van der Waals surface area (Å²) in [5.74, 6) is 1.11. The molecule has 144 valence electrons. The molecule has 2 heterocycles. The van der Waals surface area contributed by atoms with E-state index in [1.807, 2.05) is 41.2 Å². The maximum Gasteiger partial charge on any atom is 0.131 e. The third-order valence-corrected chi connectivity index (χ3v) is 5.18. The Morgan fingerprint density at radius 1 is 1.11 bits per heavy atom. The Hall–Kier alpha value is -3.08. The average Bonchev–Trinajstić information content (AvgIpc) is 3.39. The Labute approximate surface area is 165 Å². The lowest BCUT2D eigenvalue weighted by Gasteiger charge is -2.26. The van der Waals surface area contributed by atoms with E-state index in [1.54, 1.807) is 13.1 Å². The van der Waals surface area contributed by atoms with Crippen molar-refractivity contribution in [2.75, 3.05) is 11.4 Å². The van der Waals surface area contributed by atoms with E-state index >= 15 is 0 Å². The van der Waals surface area contributed by atoms with Crippen molar-refractivity contribution in [1.29, 1.82) is 0 Å². The molecule has 5 heteroatoms. The summed E-state index contributed by atoms with van der Waals surface area (Å²) in [6.07, 6.45) is 6.56. The maximum absolute atomic E-state index is 11.5. The molecule has 1 unspecified atom stereocenters. The highest BCUT2D eigenvalue weighted by atomic mass is 16.5. The van der Waals surface area contributed by atoms with Gasteiger partial charge in [0.15, 0.2) is 0 Å². The fourth-order valence-corrected chi connectivity index (χ4v) is 3.79. The summed E-state index contributed by atoms with van der Waals surface area (Å²) in [5.41, 5.74) is 3.31. The quantitative estimate of drug-likeness (QED) is 0.614. The molecule has 0 aliphatic carbocycles. The summed E-state index contributed by atoms with van der Waals surface area (Å²) in [5, 5.41) is 4.23. The van der Waals surface area contributed by atoms with Crippen molar-refractivity contribution in [1.82, 2.24) is 9.78 Å². The van der Waals surface area contributed by atoms with Gasteiger partial charge in [-0.05, 0) is 67.8 Å². The lowest BCUT2D eigenvalue weighted by molar-refractivity contribution is -0.117. The zero-order chi connectivity index (χ0) is 19.3. The minimum Gasteiger partial charge on any atom is -0.489 e. The summed E-state index contributed by atoms with van der Waals surface area (Å²) in [6, 6.07) is 18.6. The Bertz CT molecular complexity index is 902. The molecule has 0 amide bonds. The number of hydrogen-bond acceptors (Lipinski definition) is 4. The first-order chi connectivity index (χ1) is 13.7. The largest absolute Gasteiger partial charge is 0.489 e. The van der Waals surface area contributed by atoms with Crippen molar-refractivity contribution in [2.45, 2.75) is 38.8 Å². The van der Waals surface area contributed by atoms with Gasteiger partial charge in [0.1, 0.15) is 18.1 Å². The van der Waals surface area contributed by atoms with Crippen molar-refractivity contribution in [3.63, 3.8) is 0 Å². The van der Waals surface area contributed by atoms with E-state index in [4.69, 9.17) is 4.74 Å². The Morgan fingerprint density at radius 2 is 1.86 bits per heavy atom. The molecular weight excluding hydrogens is 350 g/mol. The average molecular weight is 375 g/mol. The monoisotopic (exact) mass is 375 g/mol. The van der Waals surface area contributed by atoms with Gasteiger partial charge in [-0.2, -0.15) is 5.10 Å². The van der Waals surface area contributed by atoms with E-state index in [-0.39, 0.29) is 5.78 Å². The molecule has 1 aliphatic rings. The standard InChI is InChI=1S/C23H25N3O2/c1-18(27)16-22-4-2-14-25(22)20-9-11-23(12-10-20)28-17-19-5-7-21(8-6-19)26-15-3-13-24-26/h3,5-13,15,22H,2,4,14,16-17H2,1H3. The van der Waals surface area contributed by atoms with Gasteiger partial charge in [-0.15, -0.1) is 0 Å². The van der Waals surface area contributed by atoms with Crippen molar-refractivity contribution >= 4 is 11.5 Å². The predicted octanol–water partition coefficient (Wildman–Crippen LogP) is 4.40. The molecule has 4 rings (SSSR count). The van der Waals surface area contributed by atoms with E-state index in [0.29, 0.717) is 19.1 Å². The van der Waals surface area contributed by atoms with Crippen LogP contribution in [-0.2, 0) is 11.4 Å². The van der Waals surface area contributed by atoms with Crippen molar-refractivity contribution < 1.29 is 9.53 Å². The number of benzene rings is 2. The minimum absolute atomic E-state index is 0.260. The lowest BCUT2D eigenvalue weighted by Crippen LogP contribution is -2.30. The second kappa shape index (κ2) is 8.30. The maximum atomic E-state index is 11.5. The number of ether oxygens (including phenoxy) is 1. The predicted molar refractivity (Wildman–Crippen MR) is 110 cm³/mol. The number of ketones is 1. The smallest absolute Gasteiger partial charge is 0.131 e. The molecule has 2 aromatic carbocycles. The fourth-order valence-electron chi connectivity index (χ4n) is 3.79. The van der Waals surface area contributed by atoms with Gasteiger partial charge in [-0.3, -0.25) is 4.79 Å². The molecule has 1 saturated heterocycles. The van der Waals surface area contributed by atoms with Gasteiger partial charge in [0.05, 0.1) is 5.69 Å². The Morgan fingerprint density at radius 3 is 2.54 bits per heavy atom. The van der Waals surface area contributed by atoms with Crippen molar-refractivity contribution in [2.24, 2.45) is 0 Å². The summed E-state index contributed by atoms with van der Waals surface area (Å²) in [7, 11) is 0. The lowest BCUT2D eigenvalue weighted by atomic mass is 10.1. The molecule has 1 aromatic heterocycles.